The topological polar surface area (TPSA) is 92.5 Å². The minimum atomic E-state index is -3.82. The Labute approximate surface area is 120 Å². The van der Waals surface area contributed by atoms with Gasteiger partial charge in [0.25, 0.3) is 0 Å². The van der Waals surface area contributed by atoms with Gasteiger partial charge < -0.3 is 5.32 Å². The number of sulfonamides is 1. The summed E-state index contributed by atoms with van der Waals surface area (Å²) in [5.74, 6) is -0.494. The highest BCUT2D eigenvalue weighted by atomic mass is 32.2. The second kappa shape index (κ2) is 5.00. The summed E-state index contributed by atoms with van der Waals surface area (Å²) in [5.41, 5.74) is -0.822. The Kier molecular flexibility index (Phi) is 3.42. The summed E-state index contributed by atoms with van der Waals surface area (Å²) in [6, 6.07) is 2.69. The van der Waals surface area contributed by atoms with Crippen LogP contribution in [-0.2, 0) is 10.0 Å². The lowest BCUT2D eigenvalue weighted by molar-refractivity contribution is -0.387. The Morgan fingerprint density at radius 1 is 1.29 bits per heavy atom. The molecule has 0 saturated carbocycles. The van der Waals surface area contributed by atoms with Gasteiger partial charge in [0.2, 0.25) is 15.8 Å². The number of hydrogen-bond acceptors (Lipinski definition) is 5. The van der Waals surface area contributed by atoms with Gasteiger partial charge in [-0.15, -0.1) is 0 Å². The molecule has 2 atom stereocenters. The molecule has 1 N–H and O–H groups in total. The lowest BCUT2D eigenvalue weighted by Crippen LogP contribution is -2.32. The molecule has 0 spiro atoms. The van der Waals surface area contributed by atoms with Crippen molar-refractivity contribution in [2.75, 3.05) is 26.2 Å². The van der Waals surface area contributed by atoms with Crippen molar-refractivity contribution in [3.05, 3.63) is 34.1 Å². The lowest BCUT2D eigenvalue weighted by atomic mass is 10.0. The van der Waals surface area contributed by atoms with E-state index in [0.717, 1.165) is 31.3 Å². The Morgan fingerprint density at radius 3 is 2.48 bits per heavy atom. The summed E-state index contributed by atoms with van der Waals surface area (Å²) in [6.07, 6.45) is 0. The average Bonchev–Trinajstić information content (AvgIpc) is 2.99. The van der Waals surface area contributed by atoms with Crippen LogP contribution in [-0.4, -0.2) is 43.8 Å². The number of rotatable bonds is 3. The van der Waals surface area contributed by atoms with E-state index < -0.39 is 26.5 Å². The summed E-state index contributed by atoms with van der Waals surface area (Å²) in [7, 11) is -3.82. The molecule has 2 fully saturated rings. The van der Waals surface area contributed by atoms with Crippen molar-refractivity contribution in [3.63, 3.8) is 0 Å². The quantitative estimate of drug-likeness (QED) is 0.650. The minimum Gasteiger partial charge on any atom is -0.316 e. The number of benzene rings is 1. The monoisotopic (exact) mass is 315 g/mol. The van der Waals surface area contributed by atoms with Crippen LogP contribution < -0.4 is 5.32 Å². The summed E-state index contributed by atoms with van der Waals surface area (Å²) < 4.78 is 39.7. The largest absolute Gasteiger partial charge is 0.316 e. The third-order valence-electron chi connectivity index (χ3n) is 4.11. The van der Waals surface area contributed by atoms with Gasteiger partial charge in [-0.1, -0.05) is 0 Å². The second-order valence-corrected chi connectivity index (χ2v) is 7.31. The minimum absolute atomic E-state index is 0.233. The summed E-state index contributed by atoms with van der Waals surface area (Å²) >= 11 is 0. The molecule has 2 aliphatic heterocycles. The molecule has 2 unspecified atom stereocenters. The van der Waals surface area contributed by atoms with Gasteiger partial charge in [0.1, 0.15) is 0 Å². The van der Waals surface area contributed by atoms with Crippen molar-refractivity contribution in [1.29, 1.82) is 0 Å². The highest BCUT2D eigenvalue weighted by Gasteiger charge is 2.41. The molecule has 2 heterocycles. The third kappa shape index (κ3) is 2.41. The number of nitrogens with one attached hydrogen (secondary N) is 1. The highest BCUT2D eigenvalue weighted by molar-refractivity contribution is 7.89. The van der Waals surface area contributed by atoms with Crippen LogP contribution in [0.15, 0.2) is 23.1 Å². The van der Waals surface area contributed by atoms with E-state index in [1.165, 1.54) is 4.31 Å². The van der Waals surface area contributed by atoms with Gasteiger partial charge in [-0.3, -0.25) is 10.1 Å². The van der Waals surface area contributed by atoms with Gasteiger partial charge in [-0.2, -0.15) is 8.70 Å². The van der Waals surface area contributed by atoms with Crippen LogP contribution in [0.3, 0.4) is 0 Å². The van der Waals surface area contributed by atoms with Crippen molar-refractivity contribution in [1.82, 2.24) is 9.62 Å². The predicted molar refractivity (Wildman–Crippen MR) is 71.7 cm³/mol. The Hall–Kier alpha value is -1.58. The maximum absolute atomic E-state index is 13.3. The molecule has 2 aliphatic rings. The van der Waals surface area contributed by atoms with E-state index in [4.69, 9.17) is 0 Å². The van der Waals surface area contributed by atoms with E-state index in [9.17, 15) is 22.9 Å². The Balaban J connectivity index is 1.92. The maximum Gasteiger partial charge on any atom is 0.306 e. The average molecular weight is 315 g/mol. The number of fused-ring (bicyclic) bond motifs is 1. The van der Waals surface area contributed by atoms with Crippen LogP contribution in [0.4, 0.5) is 10.1 Å². The van der Waals surface area contributed by atoms with Crippen molar-refractivity contribution in [3.8, 4) is 0 Å². The fraction of sp³-hybridized carbons (Fsp3) is 0.500. The molecule has 1 aromatic rings. The van der Waals surface area contributed by atoms with E-state index in [1.807, 2.05) is 0 Å². The van der Waals surface area contributed by atoms with E-state index in [-0.39, 0.29) is 16.7 Å². The summed E-state index contributed by atoms with van der Waals surface area (Å²) in [6.45, 7) is 2.34. The lowest BCUT2D eigenvalue weighted by Gasteiger charge is -2.17. The van der Waals surface area contributed by atoms with Gasteiger partial charge in [0.15, 0.2) is 0 Å². The molecule has 0 bridgehead atoms. The zero-order valence-corrected chi connectivity index (χ0v) is 11.8. The van der Waals surface area contributed by atoms with Crippen molar-refractivity contribution < 1.29 is 17.7 Å². The number of nitro groups is 1. The zero-order valence-electron chi connectivity index (χ0n) is 11.0. The second-order valence-electron chi connectivity index (χ2n) is 5.37. The standard InChI is InChI=1S/C12H14FN3O4S/c13-11-2-1-10(3-12(11)16(17)18)21(19,20)15-6-8-4-14-5-9(8)7-15/h1-3,8-9,14H,4-7H2. The van der Waals surface area contributed by atoms with Gasteiger partial charge in [0, 0.05) is 19.2 Å². The Morgan fingerprint density at radius 2 is 1.90 bits per heavy atom. The molecule has 114 valence electrons. The van der Waals surface area contributed by atoms with Crippen LogP contribution >= 0.6 is 0 Å². The maximum atomic E-state index is 13.3. The van der Waals surface area contributed by atoms with Crippen LogP contribution in [0.1, 0.15) is 0 Å². The molecular formula is C12H14FN3O4S. The number of halogens is 1. The van der Waals surface area contributed by atoms with Crippen molar-refractivity contribution in [2.45, 2.75) is 4.90 Å². The molecule has 9 heteroatoms. The first-order chi connectivity index (χ1) is 9.89. The molecule has 0 aromatic heterocycles. The van der Waals surface area contributed by atoms with E-state index in [0.29, 0.717) is 13.1 Å². The zero-order chi connectivity index (χ0) is 15.2. The SMILES string of the molecule is O=[N+]([O-])c1cc(S(=O)(=O)N2CC3CNCC3C2)ccc1F. The normalized spacial score (nSPS) is 26.0. The number of hydrogen-bond donors (Lipinski definition) is 1. The molecule has 0 radical (unpaired) electrons. The summed E-state index contributed by atoms with van der Waals surface area (Å²) in [4.78, 5) is 9.58. The van der Waals surface area contributed by atoms with Gasteiger partial charge in [-0.25, -0.2) is 8.42 Å². The molecular weight excluding hydrogens is 301 g/mol. The number of nitro benzene ring substituents is 1. The predicted octanol–water partition coefficient (Wildman–Crippen LogP) is 0.574. The van der Waals surface area contributed by atoms with Gasteiger partial charge in [0.05, 0.1) is 9.82 Å². The molecule has 7 nitrogen and oxygen atoms in total. The van der Waals surface area contributed by atoms with Crippen molar-refractivity contribution in [2.24, 2.45) is 11.8 Å². The highest BCUT2D eigenvalue weighted by Crippen LogP contribution is 2.32. The van der Waals surface area contributed by atoms with Gasteiger partial charge >= 0.3 is 5.69 Å². The molecule has 21 heavy (non-hydrogen) atoms. The Bertz CT molecular complexity index is 682. The first-order valence-corrected chi connectivity index (χ1v) is 7.98. The number of nitrogens with zero attached hydrogens (tertiary/aromatic N) is 2. The molecule has 0 amide bonds. The van der Waals surface area contributed by atoms with Gasteiger partial charge in [-0.05, 0) is 37.1 Å². The van der Waals surface area contributed by atoms with E-state index >= 15 is 0 Å². The molecule has 2 saturated heterocycles. The third-order valence-corrected chi connectivity index (χ3v) is 5.94. The van der Waals surface area contributed by atoms with Crippen LogP contribution in [0.2, 0.25) is 0 Å². The van der Waals surface area contributed by atoms with Crippen LogP contribution in [0, 0.1) is 27.8 Å². The molecule has 1 aromatic carbocycles. The first-order valence-electron chi connectivity index (χ1n) is 6.54. The first kappa shape index (κ1) is 14.4. The van der Waals surface area contributed by atoms with E-state index in [1.54, 1.807) is 0 Å². The fourth-order valence-electron chi connectivity index (χ4n) is 2.95. The fourth-order valence-corrected chi connectivity index (χ4v) is 4.52. The molecule has 3 rings (SSSR count). The van der Waals surface area contributed by atoms with Crippen LogP contribution in [0.25, 0.3) is 0 Å². The van der Waals surface area contributed by atoms with Crippen LogP contribution in [0.5, 0.6) is 0 Å². The molecule has 0 aliphatic carbocycles. The van der Waals surface area contributed by atoms with Crippen molar-refractivity contribution >= 4 is 15.7 Å². The van der Waals surface area contributed by atoms with E-state index in [2.05, 4.69) is 5.32 Å². The summed E-state index contributed by atoms with van der Waals surface area (Å²) in [5, 5.41) is 13.9. The smallest absolute Gasteiger partial charge is 0.306 e.